The number of amides is 1. The first-order valence-corrected chi connectivity index (χ1v) is 11.8. The molecular weight excluding hydrogens is 442 g/mol. The van der Waals surface area contributed by atoms with Crippen LogP contribution in [-0.2, 0) is 5.41 Å². The van der Waals surface area contributed by atoms with Crippen molar-refractivity contribution in [3.63, 3.8) is 0 Å². The summed E-state index contributed by atoms with van der Waals surface area (Å²) >= 11 is 1.63. The summed E-state index contributed by atoms with van der Waals surface area (Å²) in [6.45, 7) is 5.95. The first-order valence-electron chi connectivity index (χ1n) is 10.6. The molecule has 1 aromatic heterocycles. The highest BCUT2D eigenvalue weighted by Crippen LogP contribution is 2.36. The molecule has 0 radical (unpaired) electrons. The highest BCUT2D eigenvalue weighted by molar-refractivity contribution is 7.96. The van der Waals surface area contributed by atoms with E-state index in [9.17, 15) is 14.4 Å². The molecule has 1 fully saturated rings. The van der Waals surface area contributed by atoms with E-state index in [4.69, 9.17) is 0 Å². The fourth-order valence-electron chi connectivity index (χ4n) is 4.03. The normalized spacial score (nSPS) is 15.0. The second kappa shape index (κ2) is 9.08. The Morgan fingerprint density at radius 1 is 1.12 bits per heavy atom. The Morgan fingerprint density at radius 3 is 2.48 bits per heavy atom. The largest absolute Gasteiger partial charge is 0.336 e. The van der Waals surface area contributed by atoms with Crippen LogP contribution in [0, 0.1) is 23.0 Å². The smallest absolute Gasteiger partial charge is 0.256 e. The monoisotopic (exact) mass is 466 g/mol. The second-order valence-electron chi connectivity index (χ2n) is 8.54. The minimum atomic E-state index is -0.874. The molecule has 0 unspecified atom stereocenters. The van der Waals surface area contributed by atoms with E-state index in [2.05, 4.69) is 15.4 Å². The first kappa shape index (κ1) is 23.1. The molecule has 1 saturated heterocycles. The van der Waals surface area contributed by atoms with Gasteiger partial charge in [-0.05, 0) is 49.9 Å². The minimum absolute atomic E-state index is 0.177. The maximum atomic E-state index is 15.5. The fourth-order valence-corrected chi connectivity index (χ4v) is 4.56. The van der Waals surface area contributed by atoms with Crippen LogP contribution in [0.3, 0.4) is 0 Å². The average Bonchev–Trinajstić information content (AvgIpc) is 2.83. The van der Waals surface area contributed by atoms with Gasteiger partial charge in [-0.25, -0.2) is 13.1 Å². The van der Waals surface area contributed by atoms with Crippen molar-refractivity contribution in [1.82, 2.24) is 14.2 Å². The van der Waals surface area contributed by atoms with Gasteiger partial charge >= 0.3 is 0 Å². The third kappa shape index (κ3) is 4.43. The molecule has 0 aliphatic carbocycles. The zero-order chi connectivity index (χ0) is 23.8. The van der Waals surface area contributed by atoms with Gasteiger partial charge in [-0.2, -0.15) is 5.26 Å². The molecule has 0 spiro atoms. The first-order chi connectivity index (χ1) is 15.7. The van der Waals surface area contributed by atoms with E-state index >= 15 is 4.39 Å². The van der Waals surface area contributed by atoms with Gasteiger partial charge in [0.05, 0.1) is 22.6 Å². The van der Waals surface area contributed by atoms with Crippen molar-refractivity contribution in [2.45, 2.75) is 19.3 Å². The SMILES string of the molecule is CSN1CCN(C(=O)c2cnc3ccc(F)cc3c2-c2ccc(C(C)(C)C#N)cc2F)CC1. The van der Waals surface area contributed by atoms with Crippen molar-refractivity contribution in [1.29, 1.82) is 5.26 Å². The van der Waals surface area contributed by atoms with Crippen LogP contribution in [0.2, 0.25) is 0 Å². The summed E-state index contributed by atoms with van der Waals surface area (Å²) in [6.07, 6.45) is 3.45. The van der Waals surface area contributed by atoms with E-state index in [1.54, 1.807) is 42.8 Å². The summed E-state index contributed by atoms with van der Waals surface area (Å²) in [5, 5.41) is 9.79. The molecule has 0 bridgehead atoms. The van der Waals surface area contributed by atoms with Crippen molar-refractivity contribution in [2.75, 3.05) is 32.4 Å². The van der Waals surface area contributed by atoms with Crippen LogP contribution in [0.1, 0.15) is 29.8 Å². The lowest BCUT2D eigenvalue weighted by Crippen LogP contribution is -2.46. The number of piperazine rings is 1. The van der Waals surface area contributed by atoms with E-state index in [1.807, 2.05) is 6.26 Å². The Labute approximate surface area is 196 Å². The summed E-state index contributed by atoms with van der Waals surface area (Å²) in [6, 6.07) is 10.8. The topological polar surface area (TPSA) is 60.2 Å². The van der Waals surface area contributed by atoms with Crippen LogP contribution < -0.4 is 0 Å². The number of halogens is 2. The lowest BCUT2D eigenvalue weighted by molar-refractivity contribution is 0.0704. The molecule has 0 saturated carbocycles. The highest BCUT2D eigenvalue weighted by Gasteiger charge is 2.28. The Hall–Kier alpha value is -3.02. The van der Waals surface area contributed by atoms with Gasteiger partial charge < -0.3 is 4.90 Å². The highest BCUT2D eigenvalue weighted by atomic mass is 32.2. The maximum Gasteiger partial charge on any atom is 0.256 e. The molecule has 4 rings (SSSR count). The molecule has 3 aromatic rings. The lowest BCUT2D eigenvalue weighted by atomic mass is 9.84. The molecule has 2 aromatic carbocycles. The molecular formula is C25H24F2N4OS. The molecule has 0 N–H and O–H groups in total. The molecule has 1 aliphatic heterocycles. The standard InChI is InChI=1S/C25H24F2N4OS/c1-25(2,15-28)16-4-6-18(21(27)12-16)23-19-13-17(26)5-7-22(19)29-14-20(23)24(32)30-8-10-31(33-3)11-9-30/h4-7,12-14H,8-11H2,1-3H3. The zero-order valence-electron chi connectivity index (χ0n) is 18.7. The van der Waals surface area contributed by atoms with Gasteiger partial charge in [-0.1, -0.05) is 24.1 Å². The molecule has 5 nitrogen and oxygen atoms in total. The Kier molecular flexibility index (Phi) is 6.37. The van der Waals surface area contributed by atoms with Crippen LogP contribution >= 0.6 is 11.9 Å². The van der Waals surface area contributed by atoms with E-state index in [1.165, 1.54) is 30.5 Å². The van der Waals surface area contributed by atoms with Crippen molar-refractivity contribution >= 4 is 28.8 Å². The molecule has 1 aliphatic rings. The predicted molar refractivity (Wildman–Crippen MR) is 127 cm³/mol. The van der Waals surface area contributed by atoms with Crippen molar-refractivity contribution in [3.05, 3.63) is 65.4 Å². The molecule has 0 atom stereocenters. The van der Waals surface area contributed by atoms with Crippen molar-refractivity contribution in [2.24, 2.45) is 0 Å². The molecule has 33 heavy (non-hydrogen) atoms. The number of nitrogens with zero attached hydrogens (tertiary/aromatic N) is 4. The lowest BCUT2D eigenvalue weighted by Gasteiger charge is -2.33. The molecule has 170 valence electrons. The number of carbonyl (C=O) groups is 1. The summed E-state index contributed by atoms with van der Waals surface area (Å²) in [5.74, 6) is -1.33. The van der Waals surface area contributed by atoms with Crippen molar-refractivity contribution < 1.29 is 13.6 Å². The van der Waals surface area contributed by atoms with E-state index < -0.39 is 17.0 Å². The number of aromatic nitrogens is 1. The quantitative estimate of drug-likeness (QED) is 0.506. The number of benzene rings is 2. The van der Waals surface area contributed by atoms with Gasteiger partial charge in [-0.3, -0.25) is 9.78 Å². The maximum absolute atomic E-state index is 15.5. The van der Waals surface area contributed by atoms with E-state index in [-0.39, 0.29) is 17.0 Å². The van der Waals surface area contributed by atoms with E-state index in [0.717, 1.165) is 13.1 Å². The van der Waals surface area contributed by atoms with Crippen LogP contribution in [0.4, 0.5) is 8.78 Å². The van der Waals surface area contributed by atoms with Crippen LogP contribution in [0.5, 0.6) is 0 Å². The zero-order valence-corrected chi connectivity index (χ0v) is 19.5. The van der Waals surface area contributed by atoms with Gasteiger partial charge in [0.1, 0.15) is 11.6 Å². The molecule has 8 heteroatoms. The second-order valence-corrected chi connectivity index (χ2v) is 9.43. The van der Waals surface area contributed by atoms with Gasteiger partial charge in [0.2, 0.25) is 0 Å². The Morgan fingerprint density at radius 2 is 1.85 bits per heavy atom. The Balaban J connectivity index is 1.87. The number of fused-ring (bicyclic) bond motifs is 1. The van der Waals surface area contributed by atoms with Crippen LogP contribution in [0.15, 0.2) is 42.6 Å². The number of hydrogen-bond acceptors (Lipinski definition) is 5. The summed E-state index contributed by atoms with van der Waals surface area (Å²) in [7, 11) is 0. The summed E-state index contributed by atoms with van der Waals surface area (Å²) in [4.78, 5) is 19.6. The van der Waals surface area contributed by atoms with Gasteiger partial charge in [0.25, 0.3) is 5.91 Å². The fraction of sp³-hybridized carbons (Fsp3) is 0.320. The number of nitriles is 1. The summed E-state index contributed by atoms with van der Waals surface area (Å²) < 4.78 is 31.8. The third-order valence-corrected chi connectivity index (χ3v) is 6.97. The molecule has 1 amide bonds. The molecule has 2 heterocycles. The van der Waals surface area contributed by atoms with Gasteiger partial charge in [0, 0.05) is 48.9 Å². The van der Waals surface area contributed by atoms with Crippen LogP contribution in [0.25, 0.3) is 22.0 Å². The van der Waals surface area contributed by atoms with E-state index in [0.29, 0.717) is 35.1 Å². The van der Waals surface area contributed by atoms with Gasteiger partial charge in [-0.15, -0.1) is 0 Å². The number of hydrogen-bond donors (Lipinski definition) is 0. The van der Waals surface area contributed by atoms with Crippen molar-refractivity contribution in [3.8, 4) is 17.2 Å². The third-order valence-electron chi connectivity index (χ3n) is 6.08. The van der Waals surface area contributed by atoms with Crippen LogP contribution in [-0.4, -0.2) is 52.5 Å². The summed E-state index contributed by atoms with van der Waals surface area (Å²) in [5.41, 5.74) is 0.846. The Bertz CT molecular complexity index is 1260. The number of rotatable bonds is 4. The number of carbonyl (C=O) groups excluding carboxylic acids is 1. The minimum Gasteiger partial charge on any atom is -0.336 e. The van der Waals surface area contributed by atoms with Gasteiger partial charge in [0.15, 0.2) is 0 Å². The average molecular weight is 467 g/mol. The predicted octanol–water partition coefficient (Wildman–Crippen LogP) is 5.02. The number of pyridine rings is 1.